The van der Waals surface area contributed by atoms with Gasteiger partial charge in [0.2, 0.25) is 0 Å². The van der Waals surface area contributed by atoms with E-state index in [0.29, 0.717) is 0 Å². The Bertz CT molecular complexity index is 338. The van der Waals surface area contributed by atoms with Gasteiger partial charge < -0.3 is 34.9 Å². The first-order chi connectivity index (χ1) is 7.63. The van der Waals surface area contributed by atoms with E-state index in [2.05, 4.69) is 9.26 Å². The number of hydrogen-bond donors (Lipinski definition) is 6. The van der Waals surface area contributed by atoms with Crippen LogP contribution in [0.15, 0.2) is 0 Å². The summed E-state index contributed by atoms with van der Waals surface area (Å²) in [5.41, 5.74) is 0. The molecule has 100 valence electrons. The Hall–Kier alpha value is -0.580. The highest BCUT2D eigenvalue weighted by Gasteiger charge is 2.49. The first-order valence-electron chi connectivity index (χ1n) is 4.30. The summed E-state index contributed by atoms with van der Waals surface area (Å²) in [7, 11) is -5.05. The van der Waals surface area contributed by atoms with Crippen molar-refractivity contribution in [3.8, 4) is 0 Å². The van der Waals surface area contributed by atoms with Crippen molar-refractivity contribution in [3.05, 3.63) is 0 Å². The molecule has 17 heavy (non-hydrogen) atoms. The summed E-state index contributed by atoms with van der Waals surface area (Å²) in [4.78, 5) is 27.5. The van der Waals surface area contributed by atoms with Crippen molar-refractivity contribution in [2.75, 3.05) is 0 Å². The third-order valence-corrected chi connectivity index (χ3v) is 2.54. The van der Waals surface area contributed by atoms with Crippen molar-refractivity contribution in [1.82, 2.24) is 0 Å². The van der Waals surface area contributed by atoms with Crippen molar-refractivity contribution in [3.63, 3.8) is 0 Å². The average Bonchev–Trinajstić information content (AvgIpc) is 2.16. The predicted octanol–water partition coefficient (Wildman–Crippen LogP) is -3.01. The van der Waals surface area contributed by atoms with Crippen LogP contribution >= 0.6 is 7.82 Å². The molecular weight excluding hydrogens is 263 g/mol. The van der Waals surface area contributed by atoms with Crippen molar-refractivity contribution < 1.29 is 48.8 Å². The summed E-state index contributed by atoms with van der Waals surface area (Å²) in [6, 6.07) is 0. The lowest BCUT2D eigenvalue weighted by Crippen LogP contribution is -2.60. The highest BCUT2D eigenvalue weighted by atomic mass is 31.2. The van der Waals surface area contributed by atoms with Gasteiger partial charge in [-0.15, -0.1) is 0 Å². The van der Waals surface area contributed by atoms with Crippen molar-refractivity contribution in [1.29, 1.82) is 0 Å². The number of carboxylic acid groups (broad SMARTS) is 1. The van der Waals surface area contributed by atoms with Crippen molar-refractivity contribution in [2.45, 2.75) is 30.7 Å². The van der Waals surface area contributed by atoms with Gasteiger partial charge in [-0.3, -0.25) is 4.52 Å². The Kier molecular flexibility index (Phi) is 4.23. The zero-order valence-electron chi connectivity index (χ0n) is 8.15. The van der Waals surface area contributed by atoms with Gasteiger partial charge in [-0.1, -0.05) is 0 Å². The van der Waals surface area contributed by atoms with Gasteiger partial charge in [0.1, 0.15) is 18.3 Å². The molecule has 0 amide bonds. The lowest BCUT2D eigenvalue weighted by Gasteiger charge is -2.38. The van der Waals surface area contributed by atoms with E-state index in [1.54, 1.807) is 0 Å². The third-order valence-electron chi connectivity index (χ3n) is 2.05. The van der Waals surface area contributed by atoms with E-state index in [1.807, 2.05) is 0 Å². The molecule has 1 rings (SSSR count). The minimum absolute atomic E-state index is 1.68. The molecule has 11 heteroatoms. The molecule has 1 aliphatic rings. The van der Waals surface area contributed by atoms with Crippen LogP contribution in [0.2, 0.25) is 0 Å². The van der Waals surface area contributed by atoms with Crippen LogP contribution in [-0.4, -0.2) is 66.9 Å². The number of rotatable bonds is 3. The van der Waals surface area contributed by atoms with Crippen LogP contribution in [0.1, 0.15) is 0 Å². The molecule has 1 saturated heterocycles. The Morgan fingerprint density at radius 2 is 1.65 bits per heavy atom. The SMILES string of the molecule is O=C(O)C1O[C@H](OP(=O)(O)O)C(O)[C@@H](O)[C@@H]1O. The molecule has 6 N–H and O–H groups in total. The summed E-state index contributed by atoms with van der Waals surface area (Å²) in [5, 5.41) is 36.4. The van der Waals surface area contributed by atoms with E-state index in [1.165, 1.54) is 0 Å². The third kappa shape index (κ3) is 3.44. The molecule has 0 saturated carbocycles. The molecule has 0 aliphatic carbocycles. The maximum absolute atomic E-state index is 10.6. The van der Waals surface area contributed by atoms with E-state index in [9.17, 15) is 24.7 Å². The summed E-state index contributed by atoms with van der Waals surface area (Å²) in [6.45, 7) is 0. The average molecular weight is 274 g/mol. The molecule has 2 unspecified atom stereocenters. The van der Waals surface area contributed by atoms with Crippen LogP contribution in [0, 0.1) is 0 Å². The number of carbonyl (C=O) groups is 1. The molecule has 1 heterocycles. The molecule has 0 aromatic carbocycles. The van der Waals surface area contributed by atoms with Gasteiger partial charge in [-0.2, -0.15) is 0 Å². The van der Waals surface area contributed by atoms with Crippen LogP contribution in [0.4, 0.5) is 0 Å². The molecule has 0 radical (unpaired) electrons. The topological polar surface area (TPSA) is 174 Å². The van der Waals surface area contributed by atoms with Gasteiger partial charge in [-0.25, -0.2) is 9.36 Å². The maximum atomic E-state index is 10.6. The van der Waals surface area contributed by atoms with E-state index in [4.69, 9.17) is 14.9 Å². The Morgan fingerprint density at radius 1 is 1.12 bits per heavy atom. The normalized spacial score (nSPS) is 39.0. The fourth-order valence-corrected chi connectivity index (χ4v) is 1.72. The number of hydrogen-bond acceptors (Lipinski definition) is 7. The minimum atomic E-state index is -5.05. The van der Waals surface area contributed by atoms with E-state index < -0.39 is 44.5 Å². The van der Waals surface area contributed by atoms with Crippen LogP contribution < -0.4 is 0 Å². The molecule has 0 aromatic heterocycles. The Labute approximate surface area is 94.3 Å². The summed E-state index contributed by atoms with van der Waals surface area (Å²) >= 11 is 0. The van der Waals surface area contributed by atoms with Gasteiger partial charge in [0.05, 0.1) is 0 Å². The number of aliphatic hydroxyl groups excluding tert-OH is 3. The second-order valence-electron chi connectivity index (χ2n) is 3.33. The van der Waals surface area contributed by atoms with Crippen LogP contribution in [0.5, 0.6) is 0 Å². The highest BCUT2D eigenvalue weighted by Crippen LogP contribution is 2.40. The van der Waals surface area contributed by atoms with Gasteiger partial charge in [0.15, 0.2) is 12.4 Å². The standard InChI is InChI=1S/C6H11O10P/c7-1-2(8)4(5(10)11)15-6(3(1)9)16-17(12,13)14/h1-4,6-9H,(H,10,11)(H2,12,13,14)/t1-,2-,3?,4?,6+/m0/s1. The van der Waals surface area contributed by atoms with E-state index >= 15 is 0 Å². The lowest BCUT2D eigenvalue weighted by atomic mass is 9.99. The smallest absolute Gasteiger partial charge is 0.472 e. The van der Waals surface area contributed by atoms with Crippen LogP contribution in [0.25, 0.3) is 0 Å². The van der Waals surface area contributed by atoms with Crippen LogP contribution in [-0.2, 0) is 18.6 Å². The van der Waals surface area contributed by atoms with E-state index in [-0.39, 0.29) is 0 Å². The summed E-state index contributed by atoms with van der Waals surface area (Å²) < 4.78 is 18.9. The minimum Gasteiger partial charge on any atom is -0.479 e. The lowest BCUT2D eigenvalue weighted by molar-refractivity contribution is -0.274. The molecular formula is C6H11O10P. The number of phosphoric acid groups is 1. The fraction of sp³-hybridized carbons (Fsp3) is 0.833. The fourth-order valence-electron chi connectivity index (χ4n) is 1.27. The molecule has 0 aromatic rings. The van der Waals surface area contributed by atoms with Gasteiger partial charge >= 0.3 is 13.8 Å². The summed E-state index contributed by atoms with van der Waals surface area (Å²) in [6.07, 6.45) is -9.94. The first kappa shape index (κ1) is 14.5. The molecule has 5 atom stereocenters. The zero-order valence-corrected chi connectivity index (χ0v) is 9.04. The number of aliphatic carboxylic acids is 1. The molecule has 0 spiro atoms. The summed E-state index contributed by atoms with van der Waals surface area (Å²) in [5.74, 6) is -1.68. The quantitative estimate of drug-likeness (QED) is 0.291. The number of carboxylic acids is 1. The van der Waals surface area contributed by atoms with Gasteiger partial charge in [0, 0.05) is 0 Å². The highest BCUT2D eigenvalue weighted by molar-refractivity contribution is 7.46. The molecule has 1 aliphatic heterocycles. The van der Waals surface area contributed by atoms with Crippen molar-refractivity contribution in [2.24, 2.45) is 0 Å². The second-order valence-corrected chi connectivity index (χ2v) is 4.52. The zero-order chi connectivity index (χ0) is 13.4. The maximum Gasteiger partial charge on any atom is 0.472 e. The predicted molar refractivity (Wildman–Crippen MR) is 47.4 cm³/mol. The van der Waals surface area contributed by atoms with Gasteiger partial charge in [0.25, 0.3) is 0 Å². The molecule has 10 nitrogen and oxygen atoms in total. The van der Waals surface area contributed by atoms with E-state index in [0.717, 1.165) is 0 Å². The monoisotopic (exact) mass is 274 g/mol. The van der Waals surface area contributed by atoms with Gasteiger partial charge in [-0.05, 0) is 0 Å². The Morgan fingerprint density at radius 3 is 2.06 bits per heavy atom. The first-order valence-corrected chi connectivity index (χ1v) is 5.83. The Balaban J connectivity index is 2.85. The largest absolute Gasteiger partial charge is 0.479 e. The van der Waals surface area contributed by atoms with Crippen LogP contribution in [0.3, 0.4) is 0 Å². The second kappa shape index (κ2) is 4.96. The number of phosphoric ester groups is 1. The molecule has 1 fully saturated rings. The molecule has 0 bridgehead atoms. The number of ether oxygens (including phenoxy) is 1. The number of aliphatic hydroxyl groups is 3. The van der Waals surface area contributed by atoms with Crippen molar-refractivity contribution >= 4 is 13.8 Å².